The number of carbonyl (C=O) groups is 2. The van der Waals surface area contributed by atoms with Gasteiger partial charge in [-0.3, -0.25) is 9.59 Å². The van der Waals surface area contributed by atoms with Gasteiger partial charge in [0.15, 0.2) is 22.9 Å². The fourth-order valence-corrected chi connectivity index (χ4v) is 5.18. The molecule has 1 atom stereocenters. The number of aliphatic hydroxyl groups excluding tert-OH is 1. The summed E-state index contributed by atoms with van der Waals surface area (Å²) < 4.78 is 16.5. The first-order valence-corrected chi connectivity index (χ1v) is 11.9. The molecule has 1 aliphatic heterocycles. The molecular weight excluding hydrogens is 490 g/mol. The van der Waals surface area contributed by atoms with Crippen LogP contribution in [0, 0.1) is 0 Å². The van der Waals surface area contributed by atoms with Crippen LogP contribution in [-0.2, 0) is 11.3 Å². The Morgan fingerprint density at radius 1 is 1.14 bits per heavy atom. The maximum absolute atomic E-state index is 13.8. The summed E-state index contributed by atoms with van der Waals surface area (Å²) in [7, 11) is 3.01. The van der Waals surface area contributed by atoms with Gasteiger partial charge in [-0.15, -0.1) is 11.3 Å². The molecule has 2 aromatic carbocycles. The minimum absolute atomic E-state index is 0.0409. The lowest BCUT2D eigenvalue weighted by Crippen LogP contribution is -2.30. The van der Waals surface area contributed by atoms with Crippen molar-refractivity contribution in [2.24, 2.45) is 0 Å². The topological polar surface area (TPSA) is 89.2 Å². The second-order valence-electron chi connectivity index (χ2n) is 7.92. The van der Waals surface area contributed by atoms with Crippen LogP contribution in [0.1, 0.15) is 27.0 Å². The summed E-state index contributed by atoms with van der Waals surface area (Å²) in [5, 5.41) is 13.8. The van der Waals surface area contributed by atoms with E-state index < -0.39 is 23.5 Å². The molecule has 1 N–H and O–H groups in total. The van der Waals surface area contributed by atoms with Crippen LogP contribution in [-0.4, -0.2) is 35.9 Å². The smallest absolute Gasteiger partial charge is 0.290 e. The number of benzene rings is 2. The average Bonchev–Trinajstić information content (AvgIpc) is 3.59. The molecule has 1 unspecified atom stereocenters. The summed E-state index contributed by atoms with van der Waals surface area (Å²) in [6, 6.07) is 14.8. The van der Waals surface area contributed by atoms with Gasteiger partial charge >= 0.3 is 0 Å². The van der Waals surface area contributed by atoms with E-state index in [1.54, 1.807) is 36.4 Å². The molecule has 4 aromatic rings. The first-order valence-electron chi connectivity index (χ1n) is 10.6. The zero-order valence-electron chi connectivity index (χ0n) is 18.8. The number of thiophene rings is 1. The molecule has 0 aliphatic carbocycles. The molecule has 2 aromatic heterocycles. The van der Waals surface area contributed by atoms with Gasteiger partial charge in [0.25, 0.3) is 5.91 Å². The highest BCUT2D eigenvalue weighted by Gasteiger charge is 2.44. The first kappa shape index (κ1) is 23.0. The number of aliphatic hydroxyl groups is 1. The van der Waals surface area contributed by atoms with Crippen LogP contribution in [0.4, 0.5) is 0 Å². The number of methoxy groups -OCH3 is 2. The number of hydrogen-bond acceptors (Lipinski definition) is 7. The number of hydrogen-bond donors (Lipinski definition) is 1. The van der Waals surface area contributed by atoms with Gasteiger partial charge in [0.1, 0.15) is 5.75 Å². The Hall–Kier alpha value is -3.75. The summed E-state index contributed by atoms with van der Waals surface area (Å²) in [6.07, 6.45) is 0. The molecule has 0 saturated heterocycles. The summed E-state index contributed by atoms with van der Waals surface area (Å²) in [6.45, 7) is 0.225. The first-order chi connectivity index (χ1) is 16.9. The van der Waals surface area contributed by atoms with Crippen molar-refractivity contribution in [1.29, 1.82) is 0 Å². The standard InChI is InChI=1S/C26H20ClNO6S/c1-32-17-6-3-5-14(10-17)22-21(24(30)26(31)28(22)13-18-7-4-8-35-18)23(29)19-11-15-9-16(27)12-20(33-2)25(15)34-19/h3-12,22,30H,13H2,1-2H3. The number of nitrogens with zero attached hydrogens (tertiary/aromatic N) is 1. The van der Waals surface area contributed by atoms with Gasteiger partial charge in [0.05, 0.1) is 32.4 Å². The normalized spacial score (nSPS) is 15.8. The number of amides is 1. The highest BCUT2D eigenvalue weighted by atomic mass is 35.5. The van der Waals surface area contributed by atoms with Crippen LogP contribution in [0.15, 0.2) is 75.7 Å². The number of ether oxygens (including phenoxy) is 2. The molecule has 0 bridgehead atoms. The van der Waals surface area contributed by atoms with E-state index in [2.05, 4.69) is 0 Å². The minimum atomic E-state index is -0.842. The van der Waals surface area contributed by atoms with Gasteiger partial charge in [0, 0.05) is 21.4 Å². The van der Waals surface area contributed by atoms with Gasteiger partial charge in [-0.1, -0.05) is 29.8 Å². The number of rotatable bonds is 7. The molecule has 0 fully saturated rings. The van der Waals surface area contributed by atoms with E-state index >= 15 is 0 Å². The highest BCUT2D eigenvalue weighted by Crippen LogP contribution is 2.42. The van der Waals surface area contributed by atoms with E-state index in [-0.39, 0.29) is 17.9 Å². The van der Waals surface area contributed by atoms with Crippen LogP contribution in [0.2, 0.25) is 5.02 Å². The van der Waals surface area contributed by atoms with E-state index in [0.717, 1.165) is 4.88 Å². The predicted octanol–water partition coefficient (Wildman–Crippen LogP) is 5.94. The molecule has 0 spiro atoms. The maximum atomic E-state index is 13.8. The molecule has 3 heterocycles. The van der Waals surface area contributed by atoms with Crippen molar-refractivity contribution >= 4 is 45.6 Å². The molecule has 1 amide bonds. The molecule has 7 nitrogen and oxygen atoms in total. The highest BCUT2D eigenvalue weighted by molar-refractivity contribution is 7.09. The Morgan fingerprint density at radius 2 is 1.97 bits per heavy atom. The van der Waals surface area contributed by atoms with E-state index in [1.807, 2.05) is 17.5 Å². The second kappa shape index (κ2) is 9.13. The summed E-state index contributed by atoms with van der Waals surface area (Å²) in [5.41, 5.74) is 0.903. The van der Waals surface area contributed by atoms with Crippen LogP contribution in [0.3, 0.4) is 0 Å². The summed E-state index contributed by atoms with van der Waals surface area (Å²) in [5.74, 6) is -0.952. The van der Waals surface area contributed by atoms with Crippen molar-refractivity contribution in [3.05, 3.63) is 92.5 Å². The van der Waals surface area contributed by atoms with Crippen molar-refractivity contribution in [2.75, 3.05) is 14.2 Å². The van der Waals surface area contributed by atoms with Crippen molar-refractivity contribution in [3.63, 3.8) is 0 Å². The molecule has 1 aliphatic rings. The Labute approximate surface area is 209 Å². The van der Waals surface area contributed by atoms with Crippen molar-refractivity contribution in [3.8, 4) is 11.5 Å². The lowest BCUT2D eigenvalue weighted by molar-refractivity contribution is -0.130. The minimum Gasteiger partial charge on any atom is -0.503 e. The Morgan fingerprint density at radius 3 is 2.69 bits per heavy atom. The molecule has 35 heavy (non-hydrogen) atoms. The second-order valence-corrected chi connectivity index (χ2v) is 9.39. The van der Waals surface area contributed by atoms with Crippen LogP contribution < -0.4 is 9.47 Å². The number of furan rings is 1. The van der Waals surface area contributed by atoms with Crippen molar-refractivity contribution in [1.82, 2.24) is 4.90 Å². The molecule has 5 rings (SSSR count). The fourth-order valence-electron chi connectivity index (χ4n) is 4.26. The van der Waals surface area contributed by atoms with Gasteiger partial charge in [-0.05, 0) is 41.3 Å². The number of Topliss-reactive ketones (excluding diaryl/α,β-unsaturated/α-hetero) is 1. The van der Waals surface area contributed by atoms with Gasteiger partial charge in [0.2, 0.25) is 5.78 Å². The monoisotopic (exact) mass is 509 g/mol. The van der Waals surface area contributed by atoms with E-state index in [9.17, 15) is 14.7 Å². The zero-order valence-corrected chi connectivity index (χ0v) is 20.4. The van der Waals surface area contributed by atoms with Crippen molar-refractivity contribution in [2.45, 2.75) is 12.6 Å². The summed E-state index contributed by atoms with van der Waals surface area (Å²) in [4.78, 5) is 29.3. The number of fused-ring (bicyclic) bond motifs is 1. The Kier molecular flexibility index (Phi) is 6.00. The van der Waals surface area contributed by atoms with E-state index in [1.165, 1.54) is 36.5 Å². The van der Waals surface area contributed by atoms with Crippen LogP contribution in [0.25, 0.3) is 11.0 Å². The third-order valence-electron chi connectivity index (χ3n) is 5.85. The van der Waals surface area contributed by atoms with Gasteiger partial charge in [-0.2, -0.15) is 0 Å². The predicted molar refractivity (Wildman–Crippen MR) is 132 cm³/mol. The SMILES string of the molecule is COc1cccc(C2C(C(=O)c3cc4cc(Cl)cc(OC)c4o3)=C(O)C(=O)N2Cc2cccs2)c1. The van der Waals surface area contributed by atoms with E-state index in [0.29, 0.717) is 33.1 Å². The molecule has 0 radical (unpaired) electrons. The largest absolute Gasteiger partial charge is 0.503 e. The fraction of sp³-hybridized carbons (Fsp3) is 0.154. The van der Waals surface area contributed by atoms with E-state index in [4.69, 9.17) is 25.5 Å². The Balaban J connectivity index is 1.63. The Bertz CT molecular complexity index is 1470. The quantitative estimate of drug-likeness (QED) is 0.310. The summed E-state index contributed by atoms with van der Waals surface area (Å²) >= 11 is 7.64. The van der Waals surface area contributed by atoms with Crippen molar-refractivity contribution < 1.29 is 28.6 Å². The molecule has 178 valence electrons. The molecule has 0 saturated carbocycles. The zero-order chi connectivity index (χ0) is 24.7. The third-order valence-corrected chi connectivity index (χ3v) is 6.93. The van der Waals surface area contributed by atoms with Gasteiger partial charge < -0.3 is 23.9 Å². The van der Waals surface area contributed by atoms with Crippen LogP contribution in [0.5, 0.6) is 11.5 Å². The lowest BCUT2D eigenvalue weighted by atomic mass is 9.94. The van der Waals surface area contributed by atoms with Gasteiger partial charge in [-0.25, -0.2) is 0 Å². The maximum Gasteiger partial charge on any atom is 0.290 e. The third kappa shape index (κ3) is 4.05. The number of ketones is 1. The van der Waals surface area contributed by atoms with Crippen LogP contribution >= 0.6 is 22.9 Å². The lowest BCUT2D eigenvalue weighted by Gasteiger charge is -2.26. The number of carbonyl (C=O) groups excluding carboxylic acids is 2. The average molecular weight is 510 g/mol. The molecular formula is C26H20ClNO6S. The number of halogens is 1. The molecule has 9 heteroatoms.